The lowest BCUT2D eigenvalue weighted by molar-refractivity contribution is -0.117. The minimum absolute atomic E-state index is 0.0883. The van der Waals surface area contributed by atoms with Gasteiger partial charge in [0.1, 0.15) is 17.4 Å². The average molecular weight is 478 g/mol. The van der Waals surface area contributed by atoms with Crippen molar-refractivity contribution in [3.8, 4) is 5.75 Å². The number of thiophene rings is 1. The van der Waals surface area contributed by atoms with E-state index in [9.17, 15) is 9.59 Å². The van der Waals surface area contributed by atoms with Gasteiger partial charge >= 0.3 is 5.97 Å². The van der Waals surface area contributed by atoms with Crippen LogP contribution in [0.2, 0.25) is 5.02 Å². The van der Waals surface area contributed by atoms with E-state index in [1.807, 2.05) is 24.3 Å². The fourth-order valence-corrected chi connectivity index (χ4v) is 5.59. The van der Waals surface area contributed by atoms with Gasteiger partial charge in [0.25, 0.3) is 0 Å². The van der Waals surface area contributed by atoms with Gasteiger partial charge in [-0.3, -0.25) is 14.6 Å². The lowest BCUT2D eigenvalue weighted by Crippen LogP contribution is -2.49. The van der Waals surface area contributed by atoms with Crippen LogP contribution >= 0.6 is 22.9 Å². The molecule has 2 heterocycles. The standard InChI is InChI=1S/C23H28ClN3O4S/c1-30-23(29)21-18-3-2-4-19(18)32-22(21)25-20(28)15-27-11-9-26(10-12-27)13-14-31-17-7-5-16(24)6-8-17/h5-8H,2-4,9-15H2,1H3,(H,25,28). The molecular weight excluding hydrogens is 450 g/mol. The van der Waals surface area contributed by atoms with Gasteiger partial charge in [0.15, 0.2) is 0 Å². The Labute approximate surface area is 197 Å². The molecule has 4 rings (SSSR count). The largest absolute Gasteiger partial charge is 0.492 e. The highest BCUT2D eigenvalue weighted by Gasteiger charge is 2.28. The maximum atomic E-state index is 12.7. The Morgan fingerprint density at radius 3 is 2.53 bits per heavy atom. The van der Waals surface area contributed by atoms with E-state index >= 15 is 0 Å². The number of hydrogen-bond acceptors (Lipinski definition) is 7. The summed E-state index contributed by atoms with van der Waals surface area (Å²) in [7, 11) is 1.38. The lowest BCUT2D eigenvalue weighted by Gasteiger charge is -2.34. The Morgan fingerprint density at radius 2 is 1.81 bits per heavy atom. The van der Waals surface area contributed by atoms with Gasteiger partial charge in [-0.15, -0.1) is 11.3 Å². The van der Waals surface area contributed by atoms with Gasteiger partial charge in [0.2, 0.25) is 5.91 Å². The summed E-state index contributed by atoms with van der Waals surface area (Å²) in [5.41, 5.74) is 1.59. The summed E-state index contributed by atoms with van der Waals surface area (Å²) in [5.74, 6) is 0.360. The average Bonchev–Trinajstić information content (AvgIpc) is 3.36. The van der Waals surface area contributed by atoms with Gasteiger partial charge in [-0.2, -0.15) is 0 Å². The molecule has 1 N–H and O–H groups in total. The first-order valence-corrected chi connectivity index (χ1v) is 12.1. The van der Waals surface area contributed by atoms with Crippen molar-refractivity contribution in [2.24, 2.45) is 0 Å². The van der Waals surface area contributed by atoms with E-state index in [1.165, 1.54) is 23.3 Å². The van der Waals surface area contributed by atoms with Crippen molar-refractivity contribution in [3.05, 3.63) is 45.3 Å². The number of halogens is 1. The normalized spacial score (nSPS) is 16.6. The first-order chi connectivity index (χ1) is 15.5. The molecule has 1 aliphatic heterocycles. The van der Waals surface area contributed by atoms with E-state index in [1.54, 1.807) is 0 Å². The molecular formula is C23H28ClN3O4S. The molecule has 0 unspecified atom stereocenters. The van der Waals surface area contributed by atoms with Crippen LogP contribution in [0, 0.1) is 0 Å². The number of hydrogen-bond donors (Lipinski definition) is 1. The van der Waals surface area contributed by atoms with E-state index in [-0.39, 0.29) is 11.9 Å². The molecule has 0 saturated carbocycles. The second-order valence-electron chi connectivity index (χ2n) is 8.02. The molecule has 1 saturated heterocycles. The zero-order chi connectivity index (χ0) is 22.5. The number of nitrogens with zero attached hydrogens (tertiary/aromatic N) is 2. The zero-order valence-electron chi connectivity index (χ0n) is 18.2. The van der Waals surface area contributed by atoms with Crippen LogP contribution in [0.3, 0.4) is 0 Å². The molecule has 9 heteroatoms. The predicted molar refractivity (Wildman–Crippen MR) is 126 cm³/mol. The number of piperazine rings is 1. The van der Waals surface area contributed by atoms with Gasteiger partial charge in [0.05, 0.1) is 19.2 Å². The monoisotopic (exact) mass is 477 g/mol. The topological polar surface area (TPSA) is 71.1 Å². The van der Waals surface area contributed by atoms with E-state index in [2.05, 4.69) is 15.1 Å². The Kier molecular flexibility index (Phi) is 7.67. The third kappa shape index (κ3) is 5.61. The number of carbonyl (C=O) groups is 2. The molecule has 2 aromatic rings. The summed E-state index contributed by atoms with van der Waals surface area (Å²) in [6.07, 6.45) is 2.88. The first kappa shape index (κ1) is 23.0. The van der Waals surface area contributed by atoms with Gasteiger partial charge in [-0.1, -0.05) is 11.6 Å². The van der Waals surface area contributed by atoms with Crippen LogP contribution in [0.1, 0.15) is 27.2 Å². The van der Waals surface area contributed by atoms with Crippen LogP contribution in [0.15, 0.2) is 24.3 Å². The van der Waals surface area contributed by atoms with Crippen LogP contribution in [-0.4, -0.2) is 74.7 Å². The highest BCUT2D eigenvalue weighted by molar-refractivity contribution is 7.17. The Balaban J connectivity index is 1.21. The molecule has 7 nitrogen and oxygen atoms in total. The second-order valence-corrected chi connectivity index (χ2v) is 9.56. The van der Waals surface area contributed by atoms with E-state index in [4.69, 9.17) is 21.1 Å². The van der Waals surface area contributed by atoms with E-state index in [0.717, 1.165) is 63.3 Å². The summed E-state index contributed by atoms with van der Waals surface area (Å²) in [6.45, 7) is 5.18. The minimum Gasteiger partial charge on any atom is -0.492 e. The number of rotatable bonds is 8. The lowest BCUT2D eigenvalue weighted by atomic mass is 10.1. The zero-order valence-corrected chi connectivity index (χ0v) is 19.8. The quantitative estimate of drug-likeness (QED) is 0.588. The smallest absolute Gasteiger partial charge is 0.341 e. The molecule has 1 amide bonds. The highest BCUT2D eigenvalue weighted by atomic mass is 35.5. The van der Waals surface area contributed by atoms with Crippen LogP contribution in [0.25, 0.3) is 0 Å². The van der Waals surface area contributed by atoms with Crippen molar-refractivity contribution in [1.29, 1.82) is 0 Å². The van der Waals surface area contributed by atoms with Crippen LogP contribution in [-0.2, 0) is 22.4 Å². The van der Waals surface area contributed by atoms with E-state index < -0.39 is 0 Å². The number of aryl methyl sites for hydroxylation is 1. The number of anilines is 1. The van der Waals surface area contributed by atoms with Gasteiger partial charge in [-0.05, 0) is 49.1 Å². The Hall–Kier alpha value is -2.13. The summed E-state index contributed by atoms with van der Waals surface area (Å²) >= 11 is 7.40. The van der Waals surface area contributed by atoms with Crippen molar-refractivity contribution in [3.63, 3.8) is 0 Å². The maximum Gasteiger partial charge on any atom is 0.341 e. The molecule has 1 aromatic heterocycles. The van der Waals surface area contributed by atoms with Crippen LogP contribution < -0.4 is 10.1 Å². The van der Waals surface area contributed by atoms with Crippen molar-refractivity contribution in [2.45, 2.75) is 19.3 Å². The van der Waals surface area contributed by atoms with Crippen LogP contribution in [0.5, 0.6) is 5.75 Å². The molecule has 1 aliphatic carbocycles. The van der Waals surface area contributed by atoms with Crippen molar-refractivity contribution in [2.75, 3.05) is 58.3 Å². The maximum absolute atomic E-state index is 12.7. The molecule has 0 bridgehead atoms. The van der Waals surface area contributed by atoms with Crippen LogP contribution in [0.4, 0.5) is 5.00 Å². The summed E-state index contributed by atoms with van der Waals surface area (Å²) in [4.78, 5) is 30.6. The molecule has 32 heavy (non-hydrogen) atoms. The number of fused-ring (bicyclic) bond motifs is 1. The number of ether oxygens (including phenoxy) is 2. The number of benzene rings is 1. The van der Waals surface area contributed by atoms with Crippen molar-refractivity contribution >= 4 is 39.8 Å². The molecule has 0 spiro atoms. The Morgan fingerprint density at radius 1 is 1.09 bits per heavy atom. The highest BCUT2D eigenvalue weighted by Crippen LogP contribution is 2.39. The first-order valence-electron chi connectivity index (χ1n) is 10.9. The molecule has 2 aliphatic rings. The molecule has 0 atom stereocenters. The third-order valence-electron chi connectivity index (χ3n) is 5.89. The summed E-state index contributed by atoms with van der Waals surface area (Å²) in [5, 5.41) is 4.29. The molecule has 1 fully saturated rings. The molecule has 0 radical (unpaired) electrons. The number of amides is 1. The Bertz CT molecular complexity index is 955. The molecule has 1 aromatic carbocycles. The second kappa shape index (κ2) is 10.7. The van der Waals surface area contributed by atoms with Crippen molar-refractivity contribution < 1.29 is 19.1 Å². The fraction of sp³-hybridized carbons (Fsp3) is 0.478. The molecule has 172 valence electrons. The minimum atomic E-state index is -0.367. The number of methoxy groups -OCH3 is 1. The fourth-order valence-electron chi connectivity index (χ4n) is 4.17. The number of nitrogens with one attached hydrogen (secondary N) is 1. The summed E-state index contributed by atoms with van der Waals surface area (Å²) < 4.78 is 10.7. The van der Waals surface area contributed by atoms with Crippen molar-refractivity contribution in [1.82, 2.24) is 9.80 Å². The SMILES string of the molecule is COC(=O)c1c(NC(=O)CN2CCN(CCOc3ccc(Cl)cc3)CC2)sc2c1CCC2. The van der Waals surface area contributed by atoms with E-state index in [0.29, 0.717) is 28.7 Å². The predicted octanol–water partition coefficient (Wildman–Crippen LogP) is 3.31. The number of esters is 1. The summed E-state index contributed by atoms with van der Waals surface area (Å²) in [6, 6.07) is 7.37. The van der Waals surface area contributed by atoms with Gasteiger partial charge in [0, 0.05) is 42.6 Å². The van der Waals surface area contributed by atoms with Gasteiger partial charge in [-0.25, -0.2) is 4.79 Å². The van der Waals surface area contributed by atoms with Gasteiger partial charge < -0.3 is 14.8 Å². The third-order valence-corrected chi connectivity index (χ3v) is 7.34. The number of carbonyl (C=O) groups excluding carboxylic acids is 2.